The van der Waals surface area contributed by atoms with Crippen molar-refractivity contribution in [2.24, 2.45) is 0 Å². The number of nitrogens with one attached hydrogen (secondary N) is 1. The van der Waals surface area contributed by atoms with Crippen molar-refractivity contribution in [3.63, 3.8) is 0 Å². The predicted octanol–water partition coefficient (Wildman–Crippen LogP) is 2.07. The van der Waals surface area contributed by atoms with E-state index in [2.05, 4.69) is 29.6 Å². The number of rotatable bonds is 3. The van der Waals surface area contributed by atoms with Gasteiger partial charge in [-0.1, -0.05) is 36.8 Å². The number of amides is 1. The van der Waals surface area contributed by atoms with Gasteiger partial charge in [-0.05, 0) is 18.4 Å². The highest BCUT2D eigenvalue weighted by Gasteiger charge is 2.27. The number of carbonyl (C=O) groups excluding carboxylic acids is 1. The minimum atomic E-state index is 0.342. The maximum absolute atomic E-state index is 10.4. The molecule has 1 aromatic rings. The first-order chi connectivity index (χ1) is 6.92. The van der Waals surface area contributed by atoms with Gasteiger partial charge in [0.25, 0.3) is 0 Å². The lowest BCUT2D eigenvalue weighted by Gasteiger charge is -2.18. The number of hydrogen-bond acceptors (Lipinski definition) is 1. The number of hydrogen-bond donors (Lipinski definition) is 1. The molecular formula is C12H15NO. The standard InChI is InChI=1S/C12H15NO/c14-9-13-12-8-4-7-11(12)10-5-2-1-3-6-10/h1-3,5-6,9,11-12H,4,7-8H2,(H,13,14)/t11-,12-/m1/s1. The molecule has 0 aromatic heterocycles. The second kappa shape index (κ2) is 4.27. The van der Waals surface area contributed by atoms with Crippen LogP contribution < -0.4 is 5.32 Å². The fourth-order valence-electron chi connectivity index (χ4n) is 2.35. The molecule has 1 N–H and O–H groups in total. The summed E-state index contributed by atoms with van der Waals surface area (Å²) in [5.74, 6) is 0.515. The fraction of sp³-hybridized carbons (Fsp3) is 0.417. The van der Waals surface area contributed by atoms with E-state index in [9.17, 15) is 4.79 Å². The van der Waals surface area contributed by atoms with Gasteiger partial charge in [-0.25, -0.2) is 0 Å². The summed E-state index contributed by atoms with van der Waals surface area (Å²) in [4.78, 5) is 10.4. The molecule has 1 aromatic carbocycles. The molecular weight excluding hydrogens is 174 g/mol. The van der Waals surface area contributed by atoms with Crippen LogP contribution in [0.15, 0.2) is 30.3 Å². The zero-order valence-corrected chi connectivity index (χ0v) is 8.15. The van der Waals surface area contributed by atoms with Crippen LogP contribution in [0.5, 0.6) is 0 Å². The van der Waals surface area contributed by atoms with E-state index in [1.54, 1.807) is 0 Å². The van der Waals surface area contributed by atoms with Crippen LogP contribution in [0.3, 0.4) is 0 Å². The molecule has 1 fully saturated rings. The first-order valence-corrected chi connectivity index (χ1v) is 5.16. The number of carbonyl (C=O) groups is 1. The third-order valence-corrected chi connectivity index (χ3v) is 3.03. The van der Waals surface area contributed by atoms with Gasteiger partial charge in [0.15, 0.2) is 0 Å². The molecule has 1 aliphatic carbocycles. The molecule has 1 saturated carbocycles. The van der Waals surface area contributed by atoms with Crippen molar-refractivity contribution in [3.05, 3.63) is 35.9 Å². The van der Waals surface area contributed by atoms with Gasteiger partial charge < -0.3 is 5.32 Å². The maximum atomic E-state index is 10.4. The van der Waals surface area contributed by atoms with Crippen molar-refractivity contribution >= 4 is 6.41 Å². The van der Waals surface area contributed by atoms with Gasteiger partial charge in [0.2, 0.25) is 6.41 Å². The van der Waals surface area contributed by atoms with Crippen LogP contribution in [0.25, 0.3) is 0 Å². The molecule has 74 valence electrons. The van der Waals surface area contributed by atoms with Crippen LogP contribution >= 0.6 is 0 Å². The Kier molecular flexibility index (Phi) is 2.82. The fourth-order valence-corrected chi connectivity index (χ4v) is 2.35. The van der Waals surface area contributed by atoms with Crippen LogP contribution in [0, 0.1) is 0 Å². The van der Waals surface area contributed by atoms with Gasteiger partial charge in [0.05, 0.1) is 0 Å². The summed E-state index contributed by atoms with van der Waals surface area (Å²) in [6.45, 7) is 0. The Bertz CT molecular complexity index is 296. The summed E-state index contributed by atoms with van der Waals surface area (Å²) in [7, 11) is 0. The van der Waals surface area contributed by atoms with Gasteiger partial charge in [-0.15, -0.1) is 0 Å². The molecule has 0 unspecified atom stereocenters. The summed E-state index contributed by atoms with van der Waals surface area (Å²) >= 11 is 0. The Morgan fingerprint density at radius 2 is 2.00 bits per heavy atom. The van der Waals surface area contributed by atoms with Gasteiger partial charge in [0.1, 0.15) is 0 Å². The summed E-state index contributed by atoms with van der Waals surface area (Å²) in [6.07, 6.45) is 4.34. The van der Waals surface area contributed by atoms with Crippen LogP contribution in [0.1, 0.15) is 30.7 Å². The average molecular weight is 189 g/mol. The largest absolute Gasteiger partial charge is 0.355 e. The molecule has 0 heterocycles. The highest BCUT2D eigenvalue weighted by molar-refractivity contribution is 5.47. The van der Waals surface area contributed by atoms with Gasteiger partial charge >= 0.3 is 0 Å². The lowest BCUT2D eigenvalue weighted by atomic mass is 9.94. The van der Waals surface area contributed by atoms with Gasteiger partial charge in [-0.2, -0.15) is 0 Å². The van der Waals surface area contributed by atoms with Crippen molar-refractivity contribution in [2.75, 3.05) is 0 Å². The smallest absolute Gasteiger partial charge is 0.207 e. The Labute approximate surface area is 84.3 Å². The third kappa shape index (κ3) is 1.79. The van der Waals surface area contributed by atoms with Crippen molar-refractivity contribution in [2.45, 2.75) is 31.2 Å². The van der Waals surface area contributed by atoms with Crippen LogP contribution in [-0.4, -0.2) is 12.5 Å². The minimum Gasteiger partial charge on any atom is -0.355 e. The Morgan fingerprint density at radius 3 is 2.71 bits per heavy atom. The van der Waals surface area contributed by atoms with Gasteiger partial charge in [0, 0.05) is 12.0 Å². The first-order valence-electron chi connectivity index (χ1n) is 5.16. The summed E-state index contributed by atoms with van der Waals surface area (Å²) < 4.78 is 0. The predicted molar refractivity (Wildman–Crippen MR) is 56.0 cm³/mol. The molecule has 0 aliphatic heterocycles. The molecule has 2 heteroatoms. The van der Waals surface area contributed by atoms with E-state index in [0.29, 0.717) is 12.0 Å². The van der Waals surface area contributed by atoms with Crippen LogP contribution in [0.4, 0.5) is 0 Å². The quantitative estimate of drug-likeness (QED) is 0.724. The van der Waals surface area contributed by atoms with E-state index in [4.69, 9.17) is 0 Å². The topological polar surface area (TPSA) is 29.1 Å². The second-order valence-electron chi connectivity index (χ2n) is 3.84. The van der Waals surface area contributed by atoms with Crippen molar-refractivity contribution in [1.82, 2.24) is 5.32 Å². The first kappa shape index (κ1) is 9.25. The zero-order valence-electron chi connectivity index (χ0n) is 8.15. The lowest BCUT2D eigenvalue weighted by molar-refractivity contribution is -0.110. The summed E-state index contributed by atoms with van der Waals surface area (Å²) in [5.41, 5.74) is 1.35. The Balaban J connectivity index is 2.13. The van der Waals surface area contributed by atoms with E-state index in [0.717, 1.165) is 12.8 Å². The molecule has 1 amide bonds. The van der Waals surface area contributed by atoms with Crippen LogP contribution in [0.2, 0.25) is 0 Å². The molecule has 2 rings (SSSR count). The maximum Gasteiger partial charge on any atom is 0.207 e. The molecule has 0 bridgehead atoms. The molecule has 0 spiro atoms. The molecule has 0 saturated heterocycles. The van der Waals surface area contributed by atoms with E-state index >= 15 is 0 Å². The van der Waals surface area contributed by atoms with Crippen LogP contribution in [-0.2, 0) is 4.79 Å². The third-order valence-electron chi connectivity index (χ3n) is 3.03. The molecule has 1 aliphatic rings. The average Bonchev–Trinajstić information content (AvgIpc) is 2.68. The summed E-state index contributed by atoms with van der Waals surface area (Å²) in [5, 5.41) is 2.91. The molecule has 2 nitrogen and oxygen atoms in total. The molecule has 2 atom stereocenters. The van der Waals surface area contributed by atoms with E-state index in [-0.39, 0.29) is 0 Å². The minimum absolute atomic E-state index is 0.342. The Morgan fingerprint density at radius 1 is 1.21 bits per heavy atom. The summed E-state index contributed by atoms with van der Waals surface area (Å²) in [6, 6.07) is 10.8. The van der Waals surface area contributed by atoms with Crippen molar-refractivity contribution in [3.8, 4) is 0 Å². The number of benzene rings is 1. The van der Waals surface area contributed by atoms with E-state index < -0.39 is 0 Å². The monoisotopic (exact) mass is 189 g/mol. The lowest BCUT2D eigenvalue weighted by Crippen LogP contribution is -2.29. The zero-order chi connectivity index (χ0) is 9.80. The van der Waals surface area contributed by atoms with E-state index in [1.807, 2.05) is 6.07 Å². The highest BCUT2D eigenvalue weighted by Crippen LogP contribution is 2.34. The highest BCUT2D eigenvalue weighted by atomic mass is 16.1. The van der Waals surface area contributed by atoms with Crippen molar-refractivity contribution in [1.29, 1.82) is 0 Å². The van der Waals surface area contributed by atoms with E-state index in [1.165, 1.54) is 18.4 Å². The molecule has 14 heavy (non-hydrogen) atoms. The normalized spacial score (nSPS) is 26.0. The SMILES string of the molecule is O=CN[C@@H]1CCC[C@@H]1c1ccccc1. The van der Waals surface area contributed by atoms with Crippen molar-refractivity contribution < 1.29 is 4.79 Å². The Hall–Kier alpha value is -1.31. The molecule has 0 radical (unpaired) electrons. The van der Waals surface area contributed by atoms with Gasteiger partial charge in [-0.3, -0.25) is 4.79 Å². The second-order valence-corrected chi connectivity index (χ2v) is 3.84.